The fraction of sp³-hybridized carbons (Fsp3) is 0.448. The minimum absolute atomic E-state index is 0.0250. The fourth-order valence-corrected chi connectivity index (χ4v) is 6.02. The molecule has 0 aromatic heterocycles. The fourth-order valence-electron chi connectivity index (χ4n) is 6.02. The second kappa shape index (κ2) is 10.8. The zero-order valence-electron chi connectivity index (χ0n) is 23.5. The zero-order valence-corrected chi connectivity index (χ0v) is 23.5. The third-order valence-electron chi connectivity index (χ3n) is 8.33. The van der Waals surface area contributed by atoms with E-state index in [0.29, 0.717) is 0 Å². The molecule has 0 radical (unpaired) electrons. The number of methoxy groups -OCH3 is 1. The van der Waals surface area contributed by atoms with Gasteiger partial charge >= 0.3 is 12.1 Å². The highest BCUT2D eigenvalue weighted by Gasteiger charge is 2.50. The number of ether oxygens (including phenoxy) is 3. The number of Topliss-reactive ketones (excluding diaryl/α,β-unsaturated/α-hetero) is 1. The monoisotopic (exact) mass is 623 g/mol. The number of aliphatic hydroxyl groups excluding tert-OH is 1. The van der Waals surface area contributed by atoms with Crippen molar-refractivity contribution in [3.05, 3.63) is 51.6 Å². The molecule has 236 valence electrons. The van der Waals surface area contributed by atoms with Crippen molar-refractivity contribution in [2.45, 2.75) is 75.5 Å². The van der Waals surface area contributed by atoms with E-state index < -0.39 is 108 Å². The molecule has 1 aliphatic heterocycles. The molecule has 12 nitrogen and oxygen atoms in total. The number of fused-ring (bicyclic) bond motifs is 3. The lowest BCUT2D eigenvalue weighted by Crippen LogP contribution is -2.57. The van der Waals surface area contributed by atoms with Crippen LogP contribution in [0.5, 0.6) is 17.2 Å². The average molecular weight is 624 g/mol. The van der Waals surface area contributed by atoms with Crippen LogP contribution in [-0.2, 0) is 25.5 Å². The molecular formula is C29H28F3NO11. The first-order valence-electron chi connectivity index (χ1n) is 13.5. The van der Waals surface area contributed by atoms with Crippen molar-refractivity contribution in [2.24, 2.45) is 0 Å². The number of hydrogen-bond donors (Lipinski definition) is 5. The highest BCUT2D eigenvalue weighted by Crippen LogP contribution is 2.52. The third-order valence-corrected chi connectivity index (χ3v) is 8.33. The molecule has 1 saturated heterocycles. The van der Waals surface area contributed by atoms with E-state index >= 15 is 0 Å². The molecule has 0 saturated carbocycles. The quantitative estimate of drug-likeness (QED) is 0.261. The second-order valence-electron chi connectivity index (χ2n) is 11.0. The average Bonchev–Trinajstić information content (AvgIpc) is 2.94. The largest absolute Gasteiger partial charge is 0.507 e. The van der Waals surface area contributed by atoms with E-state index in [1.807, 2.05) is 0 Å². The summed E-state index contributed by atoms with van der Waals surface area (Å²) in [6, 6.07) is 2.71. The van der Waals surface area contributed by atoms with Gasteiger partial charge in [-0.1, -0.05) is 12.1 Å². The maximum atomic E-state index is 13.7. The molecule has 15 heteroatoms. The lowest BCUT2D eigenvalue weighted by molar-refractivity contribution is -0.250. The van der Waals surface area contributed by atoms with Crippen LogP contribution in [0.1, 0.15) is 75.8 Å². The number of rotatable bonds is 5. The van der Waals surface area contributed by atoms with Gasteiger partial charge in [-0.2, -0.15) is 13.2 Å². The lowest BCUT2D eigenvalue weighted by atomic mass is 9.72. The van der Waals surface area contributed by atoms with E-state index in [1.54, 1.807) is 5.32 Å². The Morgan fingerprint density at radius 3 is 2.36 bits per heavy atom. The van der Waals surface area contributed by atoms with Gasteiger partial charge in [-0.05, 0) is 19.9 Å². The molecular weight excluding hydrogens is 595 g/mol. The van der Waals surface area contributed by atoms with Gasteiger partial charge in [-0.25, -0.2) is 0 Å². The summed E-state index contributed by atoms with van der Waals surface area (Å²) in [5.41, 5.74) is -4.15. The number of aromatic hydroxyl groups is 2. The number of carbonyl (C=O) groups excluding carboxylic acids is 4. The Kier molecular flexibility index (Phi) is 7.73. The molecule has 0 unspecified atom stereocenters. The van der Waals surface area contributed by atoms with E-state index in [-0.39, 0.29) is 28.0 Å². The van der Waals surface area contributed by atoms with Crippen molar-refractivity contribution in [1.82, 2.24) is 5.32 Å². The van der Waals surface area contributed by atoms with E-state index in [0.717, 1.165) is 6.92 Å². The van der Waals surface area contributed by atoms with Gasteiger partial charge in [-0.15, -0.1) is 0 Å². The predicted molar refractivity (Wildman–Crippen MR) is 140 cm³/mol. The SMILES string of the molecule is COc1cccc2c1C(=O)c1c(O)c3c(c(O)c1C2=O)C[C@@](O)(C(C)=O)C[C@@H]3O[C@H]1C[C@H](NC(=O)C(F)(F)F)[C@@H](O)[C@H](C)O1. The van der Waals surface area contributed by atoms with Crippen LogP contribution in [0, 0.1) is 0 Å². The smallest absolute Gasteiger partial charge is 0.471 e. The Bertz CT molecular complexity index is 1590. The van der Waals surface area contributed by atoms with Gasteiger partial charge in [0.25, 0.3) is 0 Å². The standard InChI is InChI=1S/C29H28F3NO11/c1-10-22(35)14(33-27(40)29(30,31)32)7-17(43-10)44-16-9-28(41,11(2)34)8-13-19(16)26(39)21-20(24(13)37)23(36)12-5-4-6-15(42-3)18(12)25(21)38/h4-6,10,14,16-17,22,35,37,39,41H,7-9H2,1-3H3,(H,33,40)/t10-,14-,16-,17-,22-,28-/m0/s1. The third kappa shape index (κ3) is 4.99. The topological polar surface area (TPSA) is 189 Å². The number of aliphatic hydroxyl groups is 2. The summed E-state index contributed by atoms with van der Waals surface area (Å²) in [6.45, 7) is 2.37. The summed E-state index contributed by atoms with van der Waals surface area (Å²) < 4.78 is 55.5. The summed E-state index contributed by atoms with van der Waals surface area (Å²) in [6.07, 6.45) is -12.7. The number of nitrogens with one attached hydrogen (secondary N) is 1. The van der Waals surface area contributed by atoms with Gasteiger partial charge in [0.2, 0.25) is 5.78 Å². The van der Waals surface area contributed by atoms with Crippen molar-refractivity contribution >= 4 is 23.3 Å². The Labute approximate surface area is 247 Å². The van der Waals surface area contributed by atoms with Crippen LogP contribution >= 0.6 is 0 Å². The number of hydrogen-bond acceptors (Lipinski definition) is 11. The van der Waals surface area contributed by atoms with E-state index in [9.17, 15) is 52.8 Å². The highest BCUT2D eigenvalue weighted by atomic mass is 19.4. The molecule has 6 atom stereocenters. The number of phenolic OH excluding ortho intramolecular Hbond substituents is 2. The molecule has 1 amide bonds. The number of alkyl halides is 3. The van der Waals surface area contributed by atoms with Crippen molar-refractivity contribution in [3.8, 4) is 17.2 Å². The molecule has 3 aliphatic rings. The molecule has 0 bridgehead atoms. The van der Waals surface area contributed by atoms with Crippen LogP contribution in [0.2, 0.25) is 0 Å². The Balaban J connectivity index is 1.60. The number of carbonyl (C=O) groups is 4. The van der Waals surface area contributed by atoms with Crippen molar-refractivity contribution in [1.29, 1.82) is 0 Å². The van der Waals surface area contributed by atoms with Crippen LogP contribution < -0.4 is 10.1 Å². The van der Waals surface area contributed by atoms with Crippen LogP contribution in [0.4, 0.5) is 13.2 Å². The maximum absolute atomic E-state index is 13.7. The molecule has 5 rings (SSSR count). The maximum Gasteiger partial charge on any atom is 0.471 e. The van der Waals surface area contributed by atoms with E-state index in [1.165, 1.54) is 32.2 Å². The van der Waals surface area contributed by atoms with Gasteiger partial charge in [0.05, 0.1) is 42.0 Å². The molecule has 1 heterocycles. The predicted octanol–water partition coefficient (Wildman–Crippen LogP) is 1.75. The summed E-state index contributed by atoms with van der Waals surface area (Å²) in [5, 5.41) is 46.2. The molecule has 1 fully saturated rings. The Hall–Kier alpha value is -4.05. The van der Waals surface area contributed by atoms with Gasteiger partial charge in [0.15, 0.2) is 17.9 Å². The molecule has 5 N–H and O–H groups in total. The summed E-state index contributed by atoms with van der Waals surface area (Å²) in [7, 11) is 1.27. The van der Waals surface area contributed by atoms with Crippen molar-refractivity contribution in [2.75, 3.05) is 7.11 Å². The van der Waals surface area contributed by atoms with Gasteiger partial charge in [-0.3, -0.25) is 19.2 Å². The minimum Gasteiger partial charge on any atom is -0.507 e. The van der Waals surface area contributed by atoms with Crippen molar-refractivity contribution in [3.63, 3.8) is 0 Å². The summed E-state index contributed by atoms with van der Waals surface area (Å²) in [5.74, 6) is -6.32. The van der Waals surface area contributed by atoms with Crippen molar-refractivity contribution < 1.29 is 67.0 Å². The van der Waals surface area contributed by atoms with Crippen LogP contribution in [0.15, 0.2) is 18.2 Å². The molecule has 0 spiro atoms. The molecule has 2 aromatic carbocycles. The Morgan fingerprint density at radius 2 is 1.75 bits per heavy atom. The molecule has 44 heavy (non-hydrogen) atoms. The Morgan fingerprint density at radius 1 is 1.09 bits per heavy atom. The van der Waals surface area contributed by atoms with Crippen LogP contribution in [0.3, 0.4) is 0 Å². The first-order chi connectivity index (χ1) is 20.5. The minimum atomic E-state index is -5.24. The van der Waals surface area contributed by atoms with Crippen LogP contribution in [0.25, 0.3) is 0 Å². The number of benzene rings is 2. The van der Waals surface area contributed by atoms with Gasteiger partial charge in [0.1, 0.15) is 29.0 Å². The van der Waals surface area contributed by atoms with E-state index in [2.05, 4.69) is 0 Å². The number of phenols is 2. The number of ketones is 3. The first kappa shape index (κ1) is 31.4. The molecule has 2 aliphatic carbocycles. The lowest BCUT2D eigenvalue weighted by Gasteiger charge is -2.42. The first-order valence-corrected chi connectivity index (χ1v) is 13.5. The highest BCUT2D eigenvalue weighted by molar-refractivity contribution is 6.31. The zero-order chi connectivity index (χ0) is 32.5. The second-order valence-corrected chi connectivity index (χ2v) is 11.0. The van der Waals surface area contributed by atoms with Crippen LogP contribution in [-0.4, -0.2) is 87.1 Å². The van der Waals surface area contributed by atoms with Gasteiger partial charge in [0, 0.05) is 36.0 Å². The number of halogens is 3. The molecule has 2 aromatic rings. The van der Waals surface area contributed by atoms with Gasteiger partial charge < -0.3 is 40.0 Å². The normalized spacial score (nSPS) is 28.0. The summed E-state index contributed by atoms with van der Waals surface area (Å²) in [4.78, 5) is 51.4. The number of amides is 1. The summed E-state index contributed by atoms with van der Waals surface area (Å²) >= 11 is 0. The van der Waals surface area contributed by atoms with E-state index in [4.69, 9.17) is 14.2 Å².